The molecular formula is C12H23NO3. The smallest absolute Gasteiger partial charge is 0.326 e. The number of carbonyl (C=O) groups is 2. The molecule has 0 radical (unpaired) electrons. The van der Waals surface area contributed by atoms with E-state index in [-0.39, 0.29) is 5.91 Å². The number of unbranched alkanes of at least 4 members (excludes halogenated alkanes) is 3. The molecule has 0 saturated heterocycles. The normalized spacial score (nSPS) is 12.1. The van der Waals surface area contributed by atoms with Gasteiger partial charge in [0, 0.05) is 6.42 Å². The molecule has 0 aromatic rings. The lowest BCUT2D eigenvalue weighted by Gasteiger charge is -2.13. The van der Waals surface area contributed by atoms with Crippen LogP contribution in [-0.4, -0.2) is 23.0 Å². The van der Waals surface area contributed by atoms with Crippen LogP contribution in [0, 0.1) is 0 Å². The Morgan fingerprint density at radius 3 is 2.25 bits per heavy atom. The van der Waals surface area contributed by atoms with Crippen molar-refractivity contribution in [3.05, 3.63) is 0 Å². The predicted molar refractivity (Wildman–Crippen MR) is 63.2 cm³/mol. The van der Waals surface area contributed by atoms with Crippen molar-refractivity contribution in [2.45, 2.75) is 64.8 Å². The van der Waals surface area contributed by atoms with E-state index in [1.54, 1.807) is 0 Å². The lowest BCUT2D eigenvalue weighted by Crippen LogP contribution is -2.40. The minimum atomic E-state index is -0.933. The Morgan fingerprint density at radius 2 is 1.75 bits per heavy atom. The van der Waals surface area contributed by atoms with Gasteiger partial charge in [-0.2, -0.15) is 0 Å². The minimum absolute atomic E-state index is 0.142. The highest BCUT2D eigenvalue weighted by molar-refractivity contribution is 5.83. The Hall–Kier alpha value is -1.06. The maximum atomic E-state index is 11.4. The van der Waals surface area contributed by atoms with Crippen LogP contribution in [-0.2, 0) is 9.59 Å². The van der Waals surface area contributed by atoms with Crippen molar-refractivity contribution in [2.24, 2.45) is 0 Å². The molecule has 16 heavy (non-hydrogen) atoms. The standard InChI is InChI=1S/C12H23NO3/c1-3-5-7-9-11(14)13-10(12(15)16)8-6-4-2/h10H,3-9H2,1-2H3,(H,13,14)(H,15,16). The molecule has 0 saturated carbocycles. The number of hydrogen-bond acceptors (Lipinski definition) is 2. The fourth-order valence-electron chi connectivity index (χ4n) is 1.47. The molecule has 0 aliphatic rings. The van der Waals surface area contributed by atoms with Gasteiger partial charge < -0.3 is 10.4 Å². The van der Waals surface area contributed by atoms with Gasteiger partial charge in [-0.15, -0.1) is 0 Å². The summed E-state index contributed by atoms with van der Waals surface area (Å²) in [6.07, 6.45) is 5.63. The first kappa shape index (κ1) is 14.9. The number of aliphatic carboxylic acids is 1. The van der Waals surface area contributed by atoms with Crippen LogP contribution in [0.2, 0.25) is 0 Å². The summed E-state index contributed by atoms with van der Waals surface area (Å²) in [6, 6.07) is -0.714. The number of amides is 1. The molecule has 0 spiro atoms. The average Bonchev–Trinajstić information content (AvgIpc) is 2.24. The monoisotopic (exact) mass is 229 g/mol. The second-order valence-corrected chi connectivity index (χ2v) is 4.06. The van der Waals surface area contributed by atoms with Crippen LogP contribution in [0.4, 0.5) is 0 Å². The Labute approximate surface area is 97.4 Å². The van der Waals surface area contributed by atoms with E-state index >= 15 is 0 Å². The third-order valence-electron chi connectivity index (χ3n) is 2.49. The molecule has 1 atom stereocenters. The third-order valence-corrected chi connectivity index (χ3v) is 2.49. The van der Waals surface area contributed by atoms with Gasteiger partial charge in [0.2, 0.25) is 5.91 Å². The average molecular weight is 229 g/mol. The number of carboxylic acid groups (broad SMARTS) is 1. The highest BCUT2D eigenvalue weighted by Crippen LogP contribution is 2.03. The van der Waals surface area contributed by atoms with Gasteiger partial charge in [-0.3, -0.25) is 4.79 Å². The van der Waals surface area contributed by atoms with Crippen molar-refractivity contribution in [1.82, 2.24) is 5.32 Å². The van der Waals surface area contributed by atoms with Crippen molar-refractivity contribution in [2.75, 3.05) is 0 Å². The SMILES string of the molecule is CCCCCC(=O)NC(CCCC)C(=O)O. The molecule has 0 fully saturated rings. The molecule has 2 N–H and O–H groups in total. The summed E-state index contributed by atoms with van der Waals surface area (Å²) in [6.45, 7) is 4.07. The van der Waals surface area contributed by atoms with Crippen LogP contribution < -0.4 is 5.32 Å². The van der Waals surface area contributed by atoms with E-state index in [1.807, 2.05) is 6.92 Å². The largest absolute Gasteiger partial charge is 0.480 e. The Morgan fingerprint density at radius 1 is 1.12 bits per heavy atom. The summed E-state index contributed by atoms with van der Waals surface area (Å²) < 4.78 is 0. The number of carbonyl (C=O) groups excluding carboxylic acids is 1. The topological polar surface area (TPSA) is 66.4 Å². The van der Waals surface area contributed by atoms with E-state index in [9.17, 15) is 9.59 Å². The molecule has 94 valence electrons. The van der Waals surface area contributed by atoms with Crippen LogP contribution in [0.15, 0.2) is 0 Å². The Bertz CT molecular complexity index is 216. The fraction of sp³-hybridized carbons (Fsp3) is 0.833. The summed E-state index contributed by atoms with van der Waals surface area (Å²) in [5.74, 6) is -1.07. The van der Waals surface area contributed by atoms with E-state index in [4.69, 9.17) is 5.11 Å². The molecule has 0 aliphatic heterocycles. The van der Waals surface area contributed by atoms with Crippen LogP contribution in [0.5, 0.6) is 0 Å². The summed E-state index contributed by atoms with van der Waals surface area (Å²) in [7, 11) is 0. The summed E-state index contributed by atoms with van der Waals surface area (Å²) >= 11 is 0. The minimum Gasteiger partial charge on any atom is -0.480 e. The molecule has 1 amide bonds. The zero-order valence-electron chi connectivity index (χ0n) is 10.3. The number of rotatable bonds is 9. The number of hydrogen-bond donors (Lipinski definition) is 2. The Balaban J connectivity index is 3.88. The van der Waals surface area contributed by atoms with E-state index in [2.05, 4.69) is 12.2 Å². The highest BCUT2D eigenvalue weighted by atomic mass is 16.4. The fourth-order valence-corrected chi connectivity index (χ4v) is 1.47. The van der Waals surface area contributed by atoms with Gasteiger partial charge in [-0.25, -0.2) is 4.79 Å². The Kier molecular flexibility index (Phi) is 8.58. The molecule has 0 aliphatic carbocycles. The zero-order valence-corrected chi connectivity index (χ0v) is 10.3. The molecule has 0 rings (SSSR count). The van der Waals surface area contributed by atoms with Crippen molar-refractivity contribution in [3.63, 3.8) is 0 Å². The van der Waals surface area contributed by atoms with Crippen molar-refractivity contribution >= 4 is 11.9 Å². The van der Waals surface area contributed by atoms with Crippen LogP contribution in [0.25, 0.3) is 0 Å². The van der Waals surface area contributed by atoms with Gasteiger partial charge in [0.25, 0.3) is 0 Å². The first-order chi connectivity index (χ1) is 7.61. The lowest BCUT2D eigenvalue weighted by atomic mass is 10.1. The number of carboxylic acids is 1. The third kappa shape index (κ3) is 7.26. The molecule has 1 unspecified atom stereocenters. The van der Waals surface area contributed by atoms with E-state index in [0.29, 0.717) is 12.8 Å². The second-order valence-electron chi connectivity index (χ2n) is 4.06. The van der Waals surface area contributed by atoms with Gasteiger partial charge in [0.1, 0.15) is 6.04 Å². The molecular weight excluding hydrogens is 206 g/mol. The quantitative estimate of drug-likeness (QED) is 0.596. The summed E-state index contributed by atoms with van der Waals surface area (Å²) in [5.41, 5.74) is 0. The molecule has 4 nitrogen and oxygen atoms in total. The van der Waals surface area contributed by atoms with Crippen molar-refractivity contribution < 1.29 is 14.7 Å². The van der Waals surface area contributed by atoms with E-state index in [1.165, 1.54) is 0 Å². The molecule has 0 aromatic carbocycles. The second kappa shape index (κ2) is 9.19. The summed E-state index contributed by atoms with van der Waals surface area (Å²) in [4.78, 5) is 22.3. The van der Waals surface area contributed by atoms with Gasteiger partial charge in [0.15, 0.2) is 0 Å². The maximum absolute atomic E-state index is 11.4. The predicted octanol–water partition coefficient (Wildman–Crippen LogP) is 2.33. The first-order valence-corrected chi connectivity index (χ1v) is 6.14. The first-order valence-electron chi connectivity index (χ1n) is 6.14. The van der Waals surface area contributed by atoms with E-state index in [0.717, 1.165) is 32.1 Å². The van der Waals surface area contributed by atoms with Crippen molar-refractivity contribution in [1.29, 1.82) is 0 Å². The van der Waals surface area contributed by atoms with Gasteiger partial charge in [0.05, 0.1) is 0 Å². The molecule has 0 bridgehead atoms. The van der Waals surface area contributed by atoms with Crippen LogP contribution in [0.1, 0.15) is 58.8 Å². The van der Waals surface area contributed by atoms with Gasteiger partial charge in [-0.1, -0.05) is 39.5 Å². The van der Waals surface area contributed by atoms with E-state index < -0.39 is 12.0 Å². The van der Waals surface area contributed by atoms with Crippen LogP contribution in [0.3, 0.4) is 0 Å². The zero-order chi connectivity index (χ0) is 12.4. The lowest BCUT2D eigenvalue weighted by molar-refractivity contribution is -0.142. The summed E-state index contributed by atoms with van der Waals surface area (Å²) in [5, 5.41) is 11.5. The molecule has 0 aromatic heterocycles. The molecule has 0 heterocycles. The molecule has 4 heteroatoms. The van der Waals surface area contributed by atoms with Crippen LogP contribution >= 0.6 is 0 Å². The highest BCUT2D eigenvalue weighted by Gasteiger charge is 2.18. The van der Waals surface area contributed by atoms with Gasteiger partial charge in [-0.05, 0) is 12.8 Å². The maximum Gasteiger partial charge on any atom is 0.326 e. The number of nitrogens with one attached hydrogen (secondary N) is 1. The van der Waals surface area contributed by atoms with Crippen molar-refractivity contribution in [3.8, 4) is 0 Å². The van der Waals surface area contributed by atoms with Gasteiger partial charge >= 0.3 is 5.97 Å².